The molecular weight excluding hydrogens is 360 g/mol. The van der Waals surface area contributed by atoms with Gasteiger partial charge in [-0.3, -0.25) is 9.59 Å². The fourth-order valence-electron chi connectivity index (χ4n) is 3.16. The van der Waals surface area contributed by atoms with Crippen molar-refractivity contribution in [3.05, 3.63) is 53.6 Å². The predicted molar refractivity (Wildman–Crippen MR) is 104 cm³/mol. The molecule has 0 saturated heterocycles. The van der Waals surface area contributed by atoms with E-state index in [1.807, 2.05) is 18.2 Å². The minimum Gasteiger partial charge on any atom is -0.493 e. The van der Waals surface area contributed by atoms with Gasteiger partial charge in [0.1, 0.15) is 0 Å². The van der Waals surface area contributed by atoms with E-state index < -0.39 is 5.91 Å². The van der Waals surface area contributed by atoms with E-state index in [2.05, 4.69) is 17.4 Å². The highest BCUT2D eigenvalue weighted by Gasteiger charge is 2.44. The minimum absolute atomic E-state index is 0.00956. The van der Waals surface area contributed by atoms with Crippen LogP contribution in [0.5, 0.6) is 17.2 Å². The van der Waals surface area contributed by atoms with E-state index in [-0.39, 0.29) is 35.2 Å². The van der Waals surface area contributed by atoms with Crippen LogP contribution in [-0.2, 0) is 10.2 Å². The largest absolute Gasteiger partial charge is 0.493 e. The molecule has 0 atom stereocenters. The maximum atomic E-state index is 12.7. The van der Waals surface area contributed by atoms with Crippen LogP contribution in [0.3, 0.4) is 0 Å². The first-order valence-corrected chi connectivity index (χ1v) is 9.00. The summed E-state index contributed by atoms with van der Waals surface area (Å²) in [5, 5.41) is 3.01. The van der Waals surface area contributed by atoms with Crippen molar-refractivity contribution in [1.82, 2.24) is 5.32 Å². The van der Waals surface area contributed by atoms with E-state index in [4.69, 9.17) is 19.9 Å². The summed E-state index contributed by atoms with van der Waals surface area (Å²) in [7, 11) is 2.89. The zero-order chi connectivity index (χ0) is 20.1. The lowest BCUT2D eigenvalue weighted by atomic mass is 9.96. The van der Waals surface area contributed by atoms with Crippen LogP contribution in [0.4, 0.5) is 0 Å². The topological polar surface area (TPSA) is 99.9 Å². The van der Waals surface area contributed by atoms with Crippen molar-refractivity contribution >= 4 is 11.8 Å². The second-order valence-electron chi connectivity index (χ2n) is 6.79. The van der Waals surface area contributed by atoms with E-state index >= 15 is 0 Å². The molecule has 0 heterocycles. The van der Waals surface area contributed by atoms with Gasteiger partial charge in [0.15, 0.2) is 18.1 Å². The molecule has 2 aromatic carbocycles. The number of carbonyl (C=O) groups is 2. The molecule has 1 aliphatic carbocycles. The second-order valence-corrected chi connectivity index (χ2v) is 6.79. The summed E-state index contributed by atoms with van der Waals surface area (Å²) >= 11 is 0. The quantitative estimate of drug-likeness (QED) is 0.689. The first-order valence-electron chi connectivity index (χ1n) is 9.00. The number of benzene rings is 2. The molecule has 0 radical (unpaired) electrons. The fraction of sp³-hybridized carbons (Fsp3) is 0.333. The van der Waals surface area contributed by atoms with Gasteiger partial charge in [0.2, 0.25) is 5.75 Å². The summed E-state index contributed by atoms with van der Waals surface area (Å²) in [5.41, 5.74) is 6.75. The normalized spacial score (nSPS) is 14.1. The number of ether oxygens (including phenoxy) is 3. The third-order valence-electron chi connectivity index (χ3n) is 4.91. The number of carbonyl (C=O) groups excluding carboxylic acids is 2. The lowest BCUT2D eigenvalue weighted by molar-refractivity contribution is -0.120. The lowest BCUT2D eigenvalue weighted by Crippen LogP contribution is -2.32. The van der Waals surface area contributed by atoms with Gasteiger partial charge in [0, 0.05) is 17.5 Å². The van der Waals surface area contributed by atoms with E-state index in [0.29, 0.717) is 12.1 Å². The Labute approximate surface area is 163 Å². The van der Waals surface area contributed by atoms with Crippen LogP contribution in [0.1, 0.15) is 28.8 Å². The Balaban J connectivity index is 1.75. The van der Waals surface area contributed by atoms with Gasteiger partial charge < -0.3 is 25.3 Å². The zero-order valence-electron chi connectivity index (χ0n) is 16.0. The molecule has 0 bridgehead atoms. The van der Waals surface area contributed by atoms with Gasteiger partial charge in [0.25, 0.3) is 11.8 Å². The summed E-state index contributed by atoms with van der Waals surface area (Å²) in [6.45, 7) is 0.234. The van der Waals surface area contributed by atoms with Crippen LogP contribution in [0.25, 0.3) is 0 Å². The third kappa shape index (κ3) is 4.19. The van der Waals surface area contributed by atoms with Gasteiger partial charge >= 0.3 is 0 Å². The molecule has 148 valence electrons. The number of nitrogens with one attached hydrogen (secondary N) is 1. The van der Waals surface area contributed by atoms with Crippen LogP contribution in [0.2, 0.25) is 0 Å². The summed E-state index contributed by atoms with van der Waals surface area (Å²) in [4.78, 5) is 23.7. The molecule has 7 heteroatoms. The molecule has 1 aliphatic rings. The minimum atomic E-state index is -0.624. The molecule has 3 rings (SSSR count). The molecular formula is C21H24N2O5. The highest BCUT2D eigenvalue weighted by Crippen LogP contribution is 2.47. The van der Waals surface area contributed by atoms with E-state index in [9.17, 15) is 9.59 Å². The number of primary amides is 1. The van der Waals surface area contributed by atoms with E-state index in [0.717, 1.165) is 12.8 Å². The Morgan fingerprint density at radius 3 is 2.18 bits per heavy atom. The fourth-order valence-corrected chi connectivity index (χ4v) is 3.16. The summed E-state index contributed by atoms with van der Waals surface area (Å²) in [5.74, 6) is -0.0602. The number of hydrogen-bond acceptors (Lipinski definition) is 5. The number of methoxy groups -OCH3 is 2. The SMILES string of the molecule is COc1cc(C(=O)NCC2(c3ccccc3)CC2)cc(OC)c1OCC(N)=O. The first kappa shape index (κ1) is 19.5. The second kappa shape index (κ2) is 8.21. The Morgan fingerprint density at radius 1 is 1.07 bits per heavy atom. The Hall–Kier alpha value is -3.22. The van der Waals surface area contributed by atoms with Crippen LogP contribution in [-0.4, -0.2) is 39.2 Å². The Bertz CT molecular complexity index is 837. The zero-order valence-corrected chi connectivity index (χ0v) is 16.0. The van der Waals surface area contributed by atoms with Gasteiger partial charge in [-0.2, -0.15) is 0 Å². The van der Waals surface area contributed by atoms with Crippen molar-refractivity contribution in [3.8, 4) is 17.2 Å². The van der Waals surface area contributed by atoms with Crippen molar-refractivity contribution in [3.63, 3.8) is 0 Å². The lowest BCUT2D eigenvalue weighted by Gasteiger charge is -2.18. The molecule has 1 fully saturated rings. The van der Waals surface area contributed by atoms with Gasteiger partial charge in [-0.15, -0.1) is 0 Å². The highest BCUT2D eigenvalue weighted by atomic mass is 16.5. The Morgan fingerprint density at radius 2 is 1.68 bits per heavy atom. The number of amides is 2. The Kier molecular flexibility index (Phi) is 5.73. The maximum Gasteiger partial charge on any atom is 0.255 e. The molecule has 0 aliphatic heterocycles. The number of nitrogens with two attached hydrogens (primary N) is 1. The molecule has 7 nitrogen and oxygen atoms in total. The van der Waals surface area contributed by atoms with E-state index in [1.165, 1.54) is 19.8 Å². The molecule has 1 saturated carbocycles. The highest BCUT2D eigenvalue weighted by molar-refractivity contribution is 5.95. The van der Waals surface area contributed by atoms with Crippen molar-refractivity contribution < 1.29 is 23.8 Å². The van der Waals surface area contributed by atoms with Crippen molar-refractivity contribution in [2.45, 2.75) is 18.3 Å². The smallest absolute Gasteiger partial charge is 0.255 e. The number of hydrogen-bond donors (Lipinski definition) is 2. The molecule has 0 unspecified atom stereocenters. The molecule has 0 spiro atoms. The van der Waals surface area contributed by atoms with Crippen LogP contribution >= 0.6 is 0 Å². The first-order chi connectivity index (χ1) is 13.5. The molecule has 3 N–H and O–H groups in total. The van der Waals surface area contributed by atoms with Gasteiger partial charge in [-0.25, -0.2) is 0 Å². The van der Waals surface area contributed by atoms with Gasteiger partial charge in [-0.1, -0.05) is 30.3 Å². The molecule has 2 amide bonds. The van der Waals surface area contributed by atoms with Gasteiger partial charge in [-0.05, 0) is 30.5 Å². The van der Waals surface area contributed by atoms with Crippen LogP contribution in [0.15, 0.2) is 42.5 Å². The summed E-state index contributed by atoms with van der Waals surface area (Å²) in [6.07, 6.45) is 2.09. The summed E-state index contributed by atoms with van der Waals surface area (Å²) in [6, 6.07) is 13.3. The number of rotatable bonds is 9. The third-order valence-corrected chi connectivity index (χ3v) is 4.91. The summed E-state index contributed by atoms with van der Waals surface area (Å²) < 4.78 is 16.0. The molecule has 28 heavy (non-hydrogen) atoms. The van der Waals surface area contributed by atoms with Crippen LogP contribution in [0, 0.1) is 0 Å². The maximum absolute atomic E-state index is 12.7. The predicted octanol–water partition coefficient (Wildman–Crippen LogP) is 2.03. The van der Waals surface area contributed by atoms with Crippen molar-refractivity contribution in [2.24, 2.45) is 5.73 Å². The average molecular weight is 384 g/mol. The molecule has 2 aromatic rings. The standard InChI is InChI=1S/C21H24N2O5/c1-26-16-10-14(11-17(27-2)19(16)28-12-18(22)24)20(25)23-13-21(8-9-21)15-6-4-3-5-7-15/h3-7,10-11H,8-9,12-13H2,1-2H3,(H2,22,24)(H,23,25). The average Bonchev–Trinajstić information content (AvgIpc) is 3.51. The van der Waals surface area contributed by atoms with Crippen molar-refractivity contribution in [2.75, 3.05) is 27.4 Å². The molecule has 0 aromatic heterocycles. The van der Waals surface area contributed by atoms with Crippen LogP contribution < -0.4 is 25.3 Å². The van der Waals surface area contributed by atoms with Crippen molar-refractivity contribution in [1.29, 1.82) is 0 Å². The monoisotopic (exact) mass is 384 g/mol. The van der Waals surface area contributed by atoms with Gasteiger partial charge in [0.05, 0.1) is 14.2 Å². The van der Waals surface area contributed by atoms with E-state index in [1.54, 1.807) is 12.1 Å².